The molecule has 2 aromatic carbocycles. The first-order chi connectivity index (χ1) is 15.5. The first-order valence-electron chi connectivity index (χ1n) is 9.43. The van der Waals surface area contributed by atoms with Crippen molar-refractivity contribution in [1.29, 1.82) is 0 Å². The summed E-state index contributed by atoms with van der Waals surface area (Å²) < 4.78 is 38.7. The van der Waals surface area contributed by atoms with E-state index >= 15 is 0 Å². The highest BCUT2D eigenvalue weighted by Crippen LogP contribution is 2.40. The van der Waals surface area contributed by atoms with Crippen LogP contribution in [0, 0.1) is 10.1 Å². The standard InChI is InChI=1S/C21H13Cl2F3N4O3/c22-16-3-2-14(30(32)33)9-15(16)20(31)28-13-1-4-18-11(7-13)5-6-29(18)19-17(23)8-12(10-27-19)21(24,25)26/h1-4,7-10H,5-6H2,(H,28,31). The summed E-state index contributed by atoms with van der Waals surface area (Å²) in [7, 11) is 0. The molecular weight excluding hydrogens is 484 g/mol. The molecule has 1 N–H and O–H groups in total. The topological polar surface area (TPSA) is 88.4 Å². The van der Waals surface area contributed by atoms with Gasteiger partial charge in [0.1, 0.15) is 0 Å². The van der Waals surface area contributed by atoms with Crippen LogP contribution in [-0.4, -0.2) is 22.4 Å². The maximum absolute atomic E-state index is 12.9. The summed E-state index contributed by atoms with van der Waals surface area (Å²) >= 11 is 12.1. The summed E-state index contributed by atoms with van der Waals surface area (Å²) in [5.74, 6) is -0.422. The number of alkyl halides is 3. The average Bonchev–Trinajstić information content (AvgIpc) is 3.16. The Balaban J connectivity index is 1.57. The quantitative estimate of drug-likeness (QED) is 0.340. The van der Waals surface area contributed by atoms with Crippen molar-refractivity contribution in [3.8, 4) is 0 Å². The van der Waals surface area contributed by atoms with Gasteiger partial charge in [-0.05, 0) is 42.3 Å². The highest BCUT2D eigenvalue weighted by atomic mass is 35.5. The monoisotopic (exact) mass is 496 g/mol. The summed E-state index contributed by atoms with van der Waals surface area (Å²) in [6.07, 6.45) is -3.28. The first-order valence-corrected chi connectivity index (χ1v) is 10.2. The number of non-ortho nitro benzene ring substituents is 1. The molecule has 1 aliphatic rings. The fraction of sp³-hybridized carbons (Fsp3) is 0.143. The summed E-state index contributed by atoms with van der Waals surface area (Å²) in [4.78, 5) is 28.5. The number of benzene rings is 2. The van der Waals surface area contributed by atoms with E-state index in [0.717, 1.165) is 23.9 Å². The van der Waals surface area contributed by atoms with Gasteiger partial charge in [-0.25, -0.2) is 4.98 Å². The molecule has 0 aliphatic carbocycles. The zero-order valence-corrected chi connectivity index (χ0v) is 18.0. The third-order valence-corrected chi connectivity index (χ3v) is 5.65. The Bertz CT molecular complexity index is 1280. The van der Waals surface area contributed by atoms with E-state index in [9.17, 15) is 28.1 Å². The van der Waals surface area contributed by atoms with Crippen molar-refractivity contribution in [1.82, 2.24) is 4.98 Å². The second-order valence-electron chi connectivity index (χ2n) is 7.15. The van der Waals surface area contributed by atoms with E-state index in [4.69, 9.17) is 23.2 Å². The molecule has 4 rings (SSSR count). The van der Waals surface area contributed by atoms with Crippen molar-refractivity contribution in [3.63, 3.8) is 0 Å². The first kappa shape index (κ1) is 22.8. The summed E-state index contributed by atoms with van der Waals surface area (Å²) in [5.41, 5.74) is 0.679. The van der Waals surface area contributed by atoms with Gasteiger partial charge >= 0.3 is 6.18 Å². The van der Waals surface area contributed by atoms with E-state index in [2.05, 4.69) is 10.3 Å². The number of nitrogens with zero attached hydrogens (tertiary/aromatic N) is 3. The van der Waals surface area contributed by atoms with E-state index < -0.39 is 22.6 Å². The number of halogens is 5. The van der Waals surface area contributed by atoms with Gasteiger partial charge in [-0.2, -0.15) is 13.2 Å². The largest absolute Gasteiger partial charge is 0.417 e. The maximum atomic E-state index is 12.9. The van der Waals surface area contributed by atoms with Crippen molar-refractivity contribution in [2.24, 2.45) is 0 Å². The lowest BCUT2D eigenvalue weighted by molar-refractivity contribution is -0.384. The normalized spacial score (nSPS) is 13.1. The van der Waals surface area contributed by atoms with E-state index in [1.54, 1.807) is 23.1 Å². The molecule has 0 radical (unpaired) electrons. The molecule has 3 aromatic rings. The van der Waals surface area contributed by atoms with Crippen LogP contribution < -0.4 is 10.2 Å². The van der Waals surface area contributed by atoms with Crippen LogP contribution in [-0.2, 0) is 12.6 Å². The van der Waals surface area contributed by atoms with E-state index in [1.807, 2.05) is 0 Å². The maximum Gasteiger partial charge on any atom is 0.417 e. The van der Waals surface area contributed by atoms with Crippen LogP contribution in [0.3, 0.4) is 0 Å². The second kappa shape index (κ2) is 8.53. The number of aromatic nitrogens is 1. The number of amides is 1. The number of hydrogen-bond acceptors (Lipinski definition) is 5. The number of hydrogen-bond donors (Lipinski definition) is 1. The number of nitrogens with one attached hydrogen (secondary N) is 1. The Hall–Kier alpha value is -3.37. The van der Waals surface area contributed by atoms with E-state index in [0.29, 0.717) is 24.3 Å². The van der Waals surface area contributed by atoms with Crippen LogP contribution in [0.25, 0.3) is 0 Å². The number of nitro groups is 1. The van der Waals surface area contributed by atoms with Crippen LogP contribution in [0.2, 0.25) is 10.0 Å². The number of carbonyl (C=O) groups is 1. The Morgan fingerprint density at radius 1 is 1.12 bits per heavy atom. The molecule has 0 saturated carbocycles. The molecule has 170 valence electrons. The van der Waals surface area contributed by atoms with Crippen molar-refractivity contribution in [3.05, 3.63) is 85.5 Å². The van der Waals surface area contributed by atoms with Gasteiger partial charge in [0.2, 0.25) is 0 Å². The molecule has 0 atom stereocenters. The number of anilines is 3. The van der Waals surface area contributed by atoms with Crippen LogP contribution in [0.1, 0.15) is 21.5 Å². The molecule has 1 aromatic heterocycles. The molecule has 1 amide bonds. The molecule has 1 aliphatic heterocycles. The summed E-state index contributed by atoms with van der Waals surface area (Å²) in [6.45, 7) is 0.432. The Morgan fingerprint density at radius 2 is 1.88 bits per heavy atom. The van der Waals surface area contributed by atoms with Gasteiger partial charge in [0.15, 0.2) is 5.82 Å². The molecule has 2 heterocycles. The zero-order valence-electron chi connectivity index (χ0n) is 16.5. The summed E-state index contributed by atoms with van der Waals surface area (Å²) in [5, 5.41) is 13.6. The lowest BCUT2D eigenvalue weighted by Gasteiger charge is -2.20. The van der Waals surface area contributed by atoms with Crippen molar-refractivity contribution in [2.45, 2.75) is 12.6 Å². The number of rotatable bonds is 4. The minimum Gasteiger partial charge on any atom is -0.325 e. The molecule has 7 nitrogen and oxygen atoms in total. The SMILES string of the molecule is O=C(Nc1ccc2c(c1)CCN2c1ncc(C(F)(F)F)cc1Cl)c1cc([N+](=O)[O-])ccc1Cl. The fourth-order valence-electron chi connectivity index (χ4n) is 3.48. The van der Waals surface area contributed by atoms with Crippen LogP contribution in [0.15, 0.2) is 48.7 Å². The van der Waals surface area contributed by atoms with Crippen LogP contribution in [0.5, 0.6) is 0 Å². The lowest BCUT2D eigenvalue weighted by Crippen LogP contribution is -2.16. The molecule has 0 bridgehead atoms. The minimum atomic E-state index is -4.55. The number of fused-ring (bicyclic) bond motifs is 1. The summed E-state index contributed by atoms with van der Waals surface area (Å²) in [6, 6.07) is 9.38. The van der Waals surface area contributed by atoms with Gasteiger partial charge in [0.25, 0.3) is 11.6 Å². The third-order valence-electron chi connectivity index (χ3n) is 5.04. The predicted octanol–water partition coefficient (Wildman–Crippen LogP) is 6.26. The molecule has 0 spiro atoms. The number of nitro benzene ring substituents is 1. The van der Waals surface area contributed by atoms with E-state index in [1.165, 1.54) is 12.1 Å². The fourth-order valence-corrected chi connectivity index (χ4v) is 3.95. The van der Waals surface area contributed by atoms with Gasteiger partial charge in [-0.3, -0.25) is 14.9 Å². The molecule has 12 heteroatoms. The average molecular weight is 497 g/mol. The van der Waals surface area contributed by atoms with Crippen molar-refractivity contribution < 1.29 is 22.9 Å². The molecule has 33 heavy (non-hydrogen) atoms. The second-order valence-corrected chi connectivity index (χ2v) is 7.96. The van der Waals surface area contributed by atoms with Gasteiger partial charge in [0, 0.05) is 36.2 Å². The lowest BCUT2D eigenvalue weighted by atomic mass is 10.1. The Labute approximate surface area is 194 Å². The van der Waals surface area contributed by atoms with Gasteiger partial charge in [0.05, 0.1) is 26.1 Å². The highest BCUT2D eigenvalue weighted by Gasteiger charge is 2.33. The number of pyridine rings is 1. The van der Waals surface area contributed by atoms with Crippen molar-refractivity contribution in [2.75, 3.05) is 16.8 Å². The van der Waals surface area contributed by atoms with Gasteiger partial charge in [-0.15, -0.1) is 0 Å². The smallest absolute Gasteiger partial charge is 0.325 e. The minimum absolute atomic E-state index is 0.0475. The van der Waals surface area contributed by atoms with Gasteiger partial charge < -0.3 is 10.2 Å². The molecule has 0 unspecified atom stereocenters. The molecule has 0 fully saturated rings. The van der Waals surface area contributed by atoms with Crippen molar-refractivity contribution >= 4 is 52.0 Å². The van der Waals surface area contributed by atoms with Crippen LogP contribution >= 0.6 is 23.2 Å². The van der Waals surface area contributed by atoms with E-state index in [-0.39, 0.29) is 27.1 Å². The molecule has 0 saturated heterocycles. The zero-order chi connectivity index (χ0) is 23.9. The number of carbonyl (C=O) groups excluding carboxylic acids is 1. The molecular formula is C21H13Cl2F3N4O3. The third kappa shape index (κ3) is 4.57. The predicted molar refractivity (Wildman–Crippen MR) is 117 cm³/mol. The van der Waals surface area contributed by atoms with Gasteiger partial charge in [-0.1, -0.05) is 23.2 Å². The Kier molecular flexibility index (Phi) is 5.89. The highest BCUT2D eigenvalue weighted by molar-refractivity contribution is 6.34. The van der Waals surface area contributed by atoms with Crippen LogP contribution in [0.4, 0.5) is 36.1 Å². The Morgan fingerprint density at radius 3 is 2.55 bits per heavy atom.